The Labute approximate surface area is 123 Å². The van der Waals surface area contributed by atoms with Gasteiger partial charge in [-0.05, 0) is 31.0 Å². The van der Waals surface area contributed by atoms with Crippen molar-refractivity contribution in [2.75, 3.05) is 5.32 Å². The molecule has 0 saturated heterocycles. The molecule has 3 rings (SSSR count). The fourth-order valence-corrected chi connectivity index (χ4v) is 2.13. The third-order valence-electron chi connectivity index (χ3n) is 2.76. The topological polar surface area (TPSA) is 63.0 Å². The molecule has 2 N–H and O–H groups in total. The average molecular weight is 344 g/mol. The molecule has 0 bridgehead atoms. The smallest absolute Gasteiger partial charge is 0.320 e. The minimum Gasteiger partial charge on any atom is -0.406 e. The monoisotopic (exact) mass is 342 g/mol. The number of benzene rings is 1. The van der Waals surface area contributed by atoms with Gasteiger partial charge in [0.15, 0.2) is 0 Å². The second-order valence-electron chi connectivity index (χ2n) is 4.41. The van der Waals surface area contributed by atoms with Gasteiger partial charge in [-0.25, -0.2) is 0 Å². The summed E-state index contributed by atoms with van der Waals surface area (Å²) in [5.41, 5.74) is 0.724. The van der Waals surface area contributed by atoms with E-state index in [1.807, 2.05) is 12.1 Å². The van der Waals surface area contributed by atoms with Gasteiger partial charge in [-0.2, -0.15) is 0 Å². The molecule has 1 aliphatic carbocycles. The number of nitrogens with zero attached hydrogens (tertiary/aromatic N) is 2. The van der Waals surface area contributed by atoms with Crippen LogP contribution in [0.1, 0.15) is 18.7 Å². The molecule has 1 aromatic carbocycles. The van der Waals surface area contributed by atoms with Gasteiger partial charge in [0, 0.05) is 10.5 Å². The van der Waals surface area contributed by atoms with E-state index in [1.54, 1.807) is 6.07 Å². The molecule has 0 atom stereocenters. The number of nitrogens with one attached hydrogen (secondary N) is 2. The molecule has 5 nitrogen and oxygen atoms in total. The highest BCUT2D eigenvalue weighted by molar-refractivity contribution is 9.10. The second-order valence-corrected chi connectivity index (χ2v) is 5.73. The summed E-state index contributed by atoms with van der Waals surface area (Å²) in [4.78, 5) is 0. The number of anilines is 2. The van der Waals surface area contributed by atoms with E-state index in [1.165, 1.54) is 12.8 Å². The standard InChI is InChI=1S/C12H12BrClN4O/c13-7-1-4-9(14)10(5-7)16-12-18-17-11(19-12)6-15-8-2-3-8/h1,4-5,8,15H,2-3,6H2,(H,16,18). The Balaban J connectivity index is 1.66. The maximum absolute atomic E-state index is 6.08. The quantitative estimate of drug-likeness (QED) is 0.870. The number of aromatic nitrogens is 2. The van der Waals surface area contributed by atoms with E-state index in [-0.39, 0.29) is 0 Å². The summed E-state index contributed by atoms with van der Waals surface area (Å²) in [5.74, 6) is 0.570. The number of rotatable bonds is 5. The summed E-state index contributed by atoms with van der Waals surface area (Å²) in [5, 5.41) is 14.8. The van der Waals surface area contributed by atoms with Crippen LogP contribution in [0.4, 0.5) is 11.7 Å². The summed E-state index contributed by atoms with van der Waals surface area (Å²) in [6, 6.07) is 6.47. The molecule has 0 aliphatic heterocycles. The molecule has 1 aliphatic rings. The van der Waals surface area contributed by atoms with Crippen LogP contribution in [0.5, 0.6) is 0 Å². The Hall–Kier alpha value is -1.11. The predicted octanol–water partition coefficient (Wildman–Crippen LogP) is 3.48. The summed E-state index contributed by atoms with van der Waals surface area (Å²) >= 11 is 9.47. The van der Waals surface area contributed by atoms with Crippen LogP contribution in [0, 0.1) is 0 Å². The number of hydrogen-bond donors (Lipinski definition) is 2. The van der Waals surface area contributed by atoms with E-state index in [0.29, 0.717) is 29.5 Å². The third-order valence-corrected chi connectivity index (χ3v) is 3.58. The van der Waals surface area contributed by atoms with E-state index in [4.69, 9.17) is 16.0 Å². The number of hydrogen-bond acceptors (Lipinski definition) is 5. The van der Waals surface area contributed by atoms with Crippen LogP contribution >= 0.6 is 27.5 Å². The van der Waals surface area contributed by atoms with Crippen LogP contribution in [0.3, 0.4) is 0 Å². The SMILES string of the molecule is Clc1ccc(Br)cc1Nc1nnc(CNC2CC2)o1. The summed E-state index contributed by atoms with van der Waals surface area (Å²) in [6.07, 6.45) is 2.46. The molecular weight excluding hydrogens is 332 g/mol. The lowest BCUT2D eigenvalue weighted by Gasteiger charge is -2.04. The van der Waals surface area contributed by atoms with Crippen LogP contribution in [0.15, 0.2) is 27.1 Å². The summed E-state index contributed by atoms with van der Waals surface area (Å²) in [7, 11) is 0. The van der Waals surface area contributed by atoms with E-state index >= 15 is 0 Å². The molecule has 0 radical (unpaired) electrons. The van der Waals surface area contributed by atoms with E-state index in [2.05, 4.69) is 36.8 Å². The zero-order chi connectivity index (χ0) is 13.2. The Morgan fingerprint density at radius 3 is 3.00 bits per heavy atom. The van der Waals surface area contributed by atoms with Crippen molar-refractivity contribution in [2.24, 2.45) is 0 Å². The average Bonchev–Trinajstić information content (AvgIpc) is 3.12. The van der Waals surface area contributed by atoms with Gasteiger partial charge >= 0.3 is 6.01 Å². The lowest BCUT2D eigenvalue weighted by Crippen LogP contribution is -2.15. The Bertz CT molecular complexity index is 585. The van der Waals surface area contributed by atoms with Gasteiger partial charge in [-0.15, -0.1) is 5.10 Å². The molecule has 0 amide bonds. The highest BCUT2D eigenvalue weighted by Gasteiger charge is 2.21. The van der Waals surface area contributed by atoms with Crippen molar-refractivity contribution in [1.29, 1.82) is 0 Å². The maximum Gasteiger partial charge on any atom is 0.320 e. The molecule has 0 unspecified atom stereocenters. The van der Waals surface area contributed by atoms with Gasteiger partial charge < -0.3 is 15.1 Å². The van der Waals surface area contributed by atoms with Crippen molar-refractivity contribution >= 4 is 39.2 Å². The van der Waals surface area contributed by atoms with Crippen LogP contribution in [-0.4, -0.2) is 16.2 Å². The molecule has 19 heavy (non-hydrogen) atoms. The van der Waals surface area contributed by atoms with Crippen molar-refractivity contribution in [2.45, 2.75) is 25.4 Å². The highest BCUT2D eigenvalue weighted by Crippen LogP contribution is 2.28. The largest absolute Gasteiger partial charge is 0.406 e. The molecule has 0 spiro atoms. The fourth-order valence-electron chi connectivity index (χ4n) is 1.60. The zero-order valence-electron chi connectivity index (χ0n) is 9.99. The lowest BCUT2D eigenvalue weighted by molar-refractivity contribution is 0.478. The molecule has 1 fully saturated rings. The summed E-state index contributed by atoms with van der Waals surface area (Å²) < 4.78 is 6.42. The first-order valence-corrected chi connectivity index (χ1v) is 7.15. The number of halogens is 2. The minimum absolute atomic E-state index is 0.340. The lowest BCUT2D eigenvalue weighted by atomic mass is 10.3. The van der Waals surface area contributed by atoms with Gasteiger partial charge in [0.2, 0.25) is 5.89 Å². The normalized spacial score (nSPS) is 14.6. The molecule has 100 valence electrons. The van der Waals surface area contributed by atoms with Gasteiger partial charge in [-0.1, -0.05) is 32.6 Å². The van der Waals surface area contributed by atoms with Crippen molar-refractivity contribution in [3.63, 3.8) is 0 Å². The summed E-state index contributed by atoms with van der Waals surface area (Å²) in [6.45, 7) is 0.603. The Morgan fingerprint density at radius 1 is 1.37 bits per heavy atom. The Morgan fingerprint density at radius 2 is 2.21 bits per heavy atom. The van der Waals surface area contributed by atoms with E-state index < -0.39 is 0 Å². The first-order valence-electron chi connectivity index (χ1n) is 5.98. The second kappa shape index (κ2) is 5.48. The van der Waals surface area contributed by atoms with Gasteiger partial charge in [0.25, 0.3) is 0 Å². The highest BCUT2D eigenvalue weighted by atomic mass is 79.9. The van der Waals surface area contributed by atoms with Crippen molar-refractivity contribution in [3.05, 3.63) is 33.6 Å². The first kappa shape index (κ1) is 12.9. The predicted molar refractivity (Wildman–Crippen MR) is 76.6 cm³/mol. The molecular formula is C12H12BrClN4O. The van der Waals surface area contributed by atoms with Crippen molar-refractivity contribution < 1.29 is 4.42 Å². The van der Waals surface area contributed by atoms with E-state index in [0.717, 1.165) is 10.2 Å². The van der Waals surface area contributed by atoms with Gasteiger partial charge in [0.1, 0.15) is 0 Å². The molecule has 1 saturated carbocycles. The maximum atomic E-state index is 6.08. The van der Waals surface area contributed by atoms with Crippen molar-refractivity contribution in [3.8, 4) is 0 Å². The molecule has 1 heterocycles. The van der Waals surface area contributed by atoms with Crippen LogP contribution < -0.4 is 10.6 Å². The third kappa shape index (κ3) is 3.46. The molecule has 7 heteroatoms. The van der Waals surface area contributed by atoms with Gasteiger partial charge in [0.05, 0.1) is 17.3 Å². The van der Waals surface area contributed by atoms with Crippen LogP contribution in [0.2, 0.25) is 5.02 Å². The fraction of sp³-hybridized carbons (Fsp3) is 0.333. The molecule has 1 aromatic heterocycles. The molecule has 2 aromatic rings. The zero-order valence-corrected chi connectivity index (χ0v) is 12.3. The van der Waals surface area contributed by atoms with Crippen molar-refractivity contribution in [1.82, 2.24) is 15.5 Å². The van der Waals surface area contributed by atoms with Crippen LogP contribution in [-0.2, 0) is 6.54 Å². The van der Waals surface area contributed by atoms with Crippen LogP contribution in [0.25, 0.3) is 0 Å². The minimum atomic E-state index is 0.340. The Kier molecular flexibility index (Phi) is 3.72. The van der Waals surface area contributed by atoms with E-state index in [9.17, 15) is 0 Å². The first-order chi connectivity index (χ1) is 9.20. The van der Waals surface area contributed by atoms with Gasteiger partial charge in [-0.3, -0.25) is 0 Å².